The Morgan fingerprint density at radius 3 is 2.54 bits per heavy atom. The quantitative estimate of drug-likeness (QED) is 0.438. The third-order valence-electron chi connectivity index (χ3n) is 8.60. The Labute approximate surface area is 225 Å². The molecule has 0 atom stereocenters. The number of hydrogen-bond acceptors (Lipinski definition) is 5. The van der Waals surface area contributed by atoms with Gasteiger partial charge in [0.15, 0.2) is 0 Å². The summed E-state index contributed by atoms with van der Waals surface area (Å²) in [6.45, 7) is 2.03. The van der Waals surface area contributed by atoms with Crippen molar-refractivity contribution in [2.24, 2.45) is 7.05 Å². The van der Waals surface area contributed by atoms with E-state index in [-0.39, 0.29) is 23.8 Å². The second kappa shape index (κ2) is 9.75. The van der Waals surface area contributed by atoms with Crippen molar-refractivity contribution in [1.29, 1.82) is 0 Å². The maximum Gasteiger partial charge on any atom is 0.416 e. The zero-order chi connectivity index (χ0) is 27.4. The van der Waals surface area contributed by atoms with Gasteiger partial charge in [-0.3, -0.25) is 9.69 Å². The minimum absolute atomic E-state index is 0.0476. The molecule has 3 aromatic rings. The molecule has 6 rings (SSSR count). The normalized spacial score (nSPS) is 23.7. The Balaban J connectivity index is 1.35. The van der Waals surface area contributed by atoms with E-state index in [0.29, 0.717) is 30.6 Å². The molecule has 0 N–H and O–H groups in total. The van der Waals surface area contributed by atoms with Crippen molar-refractivity contribution in [2.45, 2.75) is 62.9 Å². The topological polar surface area (TPSA) is 63.5 Å². The van der Waals surface area contributed by atoms with Crippen LogP contribution in [0, 0.1) is 0 Å². The third kappa shape index (κ3) is 4.53. The van der Waals surface area contributed by atoms with E-state index in [1.54, 1.807) is 25.6 Å². The Bertz CT molecular complexity index is 1390. The average molecular weight is 540 g/mol. The third-order valence-corrected chi connectivity index (χ3v) is 8.60. The number of hydrogen-bond donors (Lipinski definition) is 0. The molecule has 1 aromatic heterocycles. The molecule has 1 saturated heterocycles. The van der Waals surface area contributed by atoms with Gasteiger partial charge in [-0.1, -0.05) is 18.6 Å². The molecule has 39 heavy (non-hydrogen) atoms. The highest BCUT2D eigenvalue weighted by Gasteiger charge is 2.50. The lowest BCUT2D eigenvalue weighted by molar-refractivity contribution is -0.138. The van der Waals surface area contributed by atoms with E-state index in [0.717, 1.165) is 43.7 Å². The van der Waals surface area contributed by atoms with Crippen molar-refractivity contribution in [3.63, 3.8) is 0 Å². The molecule has 7 nitrogen and oxygen atoms in total. The molecule has 206 valence electrons. The fourth-order valence-corrected chi connectivity index (χ4v) is 6.52. The zero-order valence-electron chi connectivity index (χ0n) is 22.2. The molecule has 10 heteroatoms. The van der Waals surface area contributed by atoms with Crippen LogP contribution < -0.4 is 4.90 Å². The minimum atomic E-state index is -4.55. The number of piperidine rings is 1. The molecule has 0 spiro atoms. The number of fused-ring (bicyclic) bond motifs is 1. The first-order valence-corrected chi connectivity index (χ1v) is 13.4. The van der Waals surface area contributed by atoms with Gasteiger partial charge in [-0.25, -0.2) is 0 Å². The molecule has 1 aliphatic carbocycles. The summed E-state index contributed by atoms with van der Waals surface area (Å²) >= 11 is 0. The molecule has 0 radical (unpaired) electrons. The number of aromatic nitrogens is 3. The predicted octanol–water partition coefficient (Wildman–Crippen LogP) is 5.08. The van der Waals surface area contributed by atoms with Crippen LogP contribution in [0.4, 0.5) is 18.9 Å². The van der Waals surface area contributed by atoms with Crippen LogP contribution in [-0.4, -0.2) is 51.9 Å². The number of benzene rings is 2. The Hall–Kier alpha value is -3.24. The van der Waals surface area contributed by atoms with E-state index < -0.39 is 23.1 Å². The van der Waals surface area contributed by atoms with E-state index in [1.807, 2.05) is 29.8 Å². The lowest BCUT2D eigenvalue weighted by atomic mass is 9.62. The van der Waals surface area contributed by atoms with Gasteiger partial charge < -0.3 is 14.2 Å². The Morgan fingerprint density at radius 1 is 1.10 bits per heavy atom. The number of carbonyl (C=O) groups is 1. The first kappa shape index (κ1) is 26.0. The summed E-state index contributed by atoms with van der Waals surface area (Å²) in [6, 6.07) is 10.4. The average Bonchev–Trinajstić information content (AvgIpc) is 3.47. The summed E-state index contributed by atoms with van der Waals surface area (Å²) in [6.07, 6.45) is 1.80. The van der Waals surface area contributed by atoms with E-state index in [4.69, 9.17) is 4.74 Å². The van der Waals surface area contributed by atoms with Crippen LogP contribution in [0.1, 0.15) is 70.5 Å². The Kier molecular flexibility index (Phi) is 6.50. The number of halogens is 3. The fourth-order valence-electron chi connectivity index (χ4n) is 6.52. The van der Waals surface area contributed by atoms with Crippen LogP contribution in [0.2, 0.25) is 0 Å². The zero-order valence-corrected chi connectivity index (χ0v) is 22.2. The second-order valence-electron chi connectivity index (χ2n) is 11.1. The van der Waals surface area contributed by atoms with Crippen LogP contribution in [0.3, 0.4) is 0 Å². The largest absolute Gasteiger partial charge is 0.416 e. The van der Waals surface area contributed by atoms with Crippen molar-refractivity contribution < 1.29 is 22.7 Å². The van der Waals surface area contributed by atoms with Crippen molar-refractivity contribution in [2.75, 3.05) is 25.1 Å². The number of nitrogens with zero attached hydrogens (tertiary/aromatic N) is 5. The van der Waals surface area contributed by atoms with Crippen LogP contribution in [0.25, 0.3) is 0 Å². The minimum Gasteiger partial charge on any atom is -0.381 e. The molecule has 0 bridgehead atoms. The van der Waals surface area contributed by atoms with Gasteiger partial charge in [0.05, 0.1) is 23.6 Å². The Morgan fingerprint density at radius 2 is 1.87 bits per heavy atom. The second-order valence-corrected chi connectivity index (χ2v) is 11.1. The lowest BCUT2D eigenvalue weighted by Crippen LogP contribution is -2.48. The van der Waals surface area contributed by atoms with E-state index in [2.05, 4.69) is 15.1 Å². The van der Waals surface area contributed by atoms with Gasteiger partial charge in [-0.2, -0.15) is 13.2 Å². The summed E-state index contributed by atoms with van der Waals surface area (Å²) in [4.78, 5) is 17.3. The van der Waals surface area contributed by atoms with Gasteiger partial charge in [-0.15, -0.1) is 10.2 Å². The number of ether oxygens (including phenoxy) is 1. The first-order valence-electron chi connectivity index (χ1n) is 13.4. The van der Waals surface area contributed by atoms with Crippen molar-refractivity contribution >= 4 is 11.6 Å². The van der Waals surface area contributed by atoms with Crippen LogP contribution >= 0.6 is 0 Å². The number of carbonyl (C=O) groups excluding carboxylic acids is 1. The van der Waals surface area contributed by atoms with Gasteiger partial charge in [0.1, 0.15) is 12.2 Å². The summed E-state index contributed by atoms with van der Waals surface area (Å²) in [5.74, 6) is 0.398. The van der Waals surface area contributed by atoms with Crippen molar-refractivity contribution in [3.05, 3.63) is 76.4 Å². The molecule has 3 aliphatic rings. The summed E-state index contributed by atoms with van der Waals surface area (Å²) < 4.78 is 50.1. The summed E-state index contributed by atoms with van der Waals surface area (Å²) in [7, 11) is 3.57. The van der Waals surface area contributed by atoms with E-state index >= 15 is 0 Å². The summed E-state index contributed by atoms with van der Waals surface area (Å²) in [5.41, 5.74) is 1.08. The van der Waals surface area contributed by atoms with Gasteiger partial charge in [-0.05, 0) is 79.7 Å². The highest BCUT2D eigenvalue weighted by atomic mass is 19.4. The van der Waals surface area contributed by atoms with Crippen molar-refractivity contribution in [3.8, 4) is 0 Å². The van der Waals surface area contributed by atoms with Crippen LogP contribution in [0.15, 0.2) is 42.7 Å². The molecule has 1 saturated carbocycles. The van der Waals surface area contributed by atoms with Crippen LogP contribution in [-0.2, 0) is 36.5 Å². The molecule has 1 amide bonds. The molecule has 2 aliphatic heterocycles. The van der Waals surface area contributed by atoms with Crippen LogP contribution in [0.5, 0.6) is 0 Å². The fraction of sp³-hybridized carbons (Fsp3) is 0.483. The molecule has 3 heterocycles. The number of anilines is 1. The number of rotatable bonds is 6. The van der Waals surface area contributed by atoms with E-state index in [9.17, 15) is 18.0 Å². The maximum absolute atomic E-state index is 14.2. The number of methoxy groups -OCH3 is 1. The van der Waals surface area contributed by atoms with E-state index in [1.165, 1.54) is 11.0 Å². The molecule has 0 unspecified atom stereocenters. The highest BCUT2D eigenvalue weighted by molar-refractivity contribution is 6.10. The smallest absolute Gasteiger partial charge is 0.381 e. The van der Waals surface area contributed by atoms with Crippen molar-refractivity contribution in [1.82, 2.24) is 19.7 Å². The lowest BCUT2D eigenvalue weighted by Gasteiger charge is -2.46. The standard InChI is InChI=1S/C29H32F3N5O2/c1-35-18-33-34-27(35)28(14-22(15-28)39-2)20-7-6-8-21(13-20)37-17-24-23(26(37)38)11-19(12-25(24)29(30,31)32)16-36-9-4-3-5-10-36/h6-8,11-13,18,22H,3-5,9-10,14-17H2,1-2H3. The first-order chi connectivity index (χ1) is 18.7. The number of alkyl halides is 3. The number of amides is 1. The monoisotopic (exact) mass is 539 g/mol. The van der Waals surface area contributed by atoms with Gasteiger partial charge in [0, 0.05) is 32.0 Å². The van der Waals surface area contributed by atoms with Gasteiger partial charge >= 0.3 is 6.18 Å². The van der Waals surface area contributed by atoms with Gasteiger partial charge in [0.25, 0.3) is 5.91 Å². The molecule has 2 aromatic carbocycles. The molecular formula is C29H32F3N5O2. The number of likely N-dealkylation sites (tertiary alicyclic amines) is 1. The predicted molar refractivity (Wildman–Crippen MR) is 139 cm³/mol. The highest BCUT2D eigenvalue weighted by Crippen LogP contribution is 2.50. The summed E-state index contributed by atoms with van der Waals surface area (Å²) in [5, 5.41) is 8.44. The molecule has 2 fully saturated rings. The SMILES string of the molecule is COC1CC(c2cccc(N3Cc4c(cc(CN5CCCCC5)cc4C(F)(F)F)C3=O)c2)(c2nncn2C)C1. The van der Waals surface area contributed by atoms with Gasteiger partial charge in [0.2, 0.25) is 0 Å². The molecular weight excluding hydrogens is 507 g/mol. The maximum atomic E-state index is 14.2. The number of aryl methyl sites for hydroxylation is 1.